The first kappa shape index (κ1) is 16.7. The Kier molecular flexibility index (Phi) is 5.71. The van der Waals surface area contributed by atoms with Crippen molar-refractivity contribution in [3.8, 4) is 5.75 Å². The normalized spacial score (nSPS) is 19.2. The van der Waals surface area contributed by atoms with Crippen LogP contribution in [0.2, 0.25) is 0 Å². The second-order valence-electron chi connectivity index (χ2n) is 5.72. The number of nitrogens with zero attached hydrogens (tertiary/aromatic N) is 2. The Hall–Kier alpha value is -1.69. The van der Waals surface area contributed by atoms with Gasteiger partial charge in [0.15, 0.2) is 0 Å². The van der Waals surface area contributed by atoms with E-state index in [9.17, 15) is 13.6 Å². The summed E-state index contributed by atoms with van der Waals surface area (Å²) in [4.78, 5) is 16.3. The van der Waals surface area contributed by atoms with E-state index in [1.807, 2.05) is 0 Å². The largest absolute Gasteiger partial charge is 0.435 e. The van der Waals surface area contributed by atoms with E-state index in [-0.39, 0.29) is 11.7 Å². The second kappa shape index (κ2) is 7.54. The van der Waals surface area contributed by atoms with Crippen molar-refractivity contribution in [2.24, 2.45) is 0 Å². The molecule has 22 heavy (non-hydrogen) atoms. The van der Waals surface area contributed by atoms with Gasteiger partial charge in [0, 0.05) is 25.2 Å². The lowest BCUT2D eigenvalue weighted by Gasteiger charge is -2.35. The van der Waals surface area contributed by atoms with Crippen LogP contribution >= 0.6 is 0 Å². The second-order valence-corrected chi connectivity index (χ2v) is 5.72. The highest BCUT2D eigenvalue weighted by Gasteiger charge is 2.23. The van der Waals surface area contributed by atoms with Gasteiger partial charge in [-0.15, -0.1) is 0 Å². The van der Waals surface area contributed by atoms with Gasteiger partial charge in [0.25, 0.3) is 5.91 Å². The molecule has 1 heterocycles. The molecule has 1 aliphatic rings. The van der Waals surface area contributed by atoms with Crippen molar-refractivity contribution in [2.75, 3.05) is 27.2 Å². The molecule has 0 radical (unpaired) electrons. The average molecular weight is 312 g/mol. The van der Waals surface area contributed by atoms with E-state index >= 15 is 0 Å². The molecule has 1 aliphatic heterocycles. The summed E-state index contributed by atoms with van der Waals surface area (Å²) < 4.78 is 28.8. The van der Waals surface area contributed by atoms with Gasteiger partial charge in [-0.3, -0.25) is 4.79 Å². The quantitative estimate of drug-likeness (QED) is 0.838. The van der Waals surface area contributed by atoms with Crippen LogP contribution in [0.4, 0.5) is 8.78 Å². The topological polar surface area (TPSA) is 32.8 Å². The zero-order valence-corrected chi connectivity index (χ0v) is 13.0. The van der Waals surface area contributed by atoms with Gasteiger partial charge in [-0.2, -0.15) is 8.78 Å². The average Bonchev–Trinajstić information content (AvgIpc) is 2.48. The predicted molar refractivity (Wildman–Crippen MR) is 80.3 cm³/mol. The summed E-state index contributed by atoms with van der Waals surface area (Å²) in [6.07, 6.45) is 3.44. The van der Waals surface area contributed by atoms with Crippen molar-refractivity contribution < 1.29 is 18.3 Å². The zero-order chi connectivity index (χ0) is 16.1. The summed E-state index contributed by atoms with van der Waals surface area (Å²) in [5.41, 5.74) is 0.360. The van der Waals surface area contributed by atoms with Crippen LogP contribution in [0.1, 0.15) is 29.6 Å². The highest BCUT2D eigenvalue weighted by atomic mass is 19.3. The van der Waals surface area contributed by atoms with Gasteiger partial charge in [-0.1, -0.05) is 12.5 Å². The van der Waals surface area contributed by atoms with E-state index < -0.39 is 6.61 Å². The number of halogens is 2. The fourth-order valence-electron chi connectivity index (χ4n) is 2.80. The van der Waals surface area contributed by atoms with E-state index in [1.54, 1.807) is 24.1 Å². The standard InChI is InChI=1S/C16H22F2N2O2/c1-19-9-4-3-7-13(19)11-20(2)15(21)12-6-5-8-14(10-12)22-16(17)18/h5-6,8,10,13,16H,3-4,7,9,11H2,1-2H3. The number of likely N-dealkylation sites (tertiary alicyclic amines) is 1. The molecule has 0 bridgehead atoms. The number of likely N-dealkylation sites (N-methyl/N-ethyl adjacent to an activating group) is 2. The third-order valence-corrected chi connectivity index (χ3v) is 4.06. The van der Waals surface area contributed by atoms with Crippen LogP contribution in [0.25, 0.3) is 0 Å². The van der Waals surface area contributed by atoms with Crippen molar-refractivity contribution in [2.45, 2.75) is 31.9 Å². The summed E-state index contributed by atoms with van der Waals surface area (Å²) in [6, 6.07) is 6.28. The smallest absolute Gasteiger partial charge is 0.387 e. The number of amides is 1. The number of hydrogen-bond donors (Lipinski definition) is 0. The van der Waals surface area contributed by atoms with Crippen molar-refractivity contribution in [1.82, 2.24) is 9.80 Å². The van der Waals surface area contributed by atoms with Gasteiger partial charge in [-0.05, 0) is 44.6 Å². The third-order valence-electron chi connectivity index (χ3n) is 4.06. The molecular weight excluding hydrogens is 290 g/mol. The van der Waals surface area contributed by atoms with Crippen molar-refractivity contribution >= 4 is 5.91 Å². The van der Waals surface area contributed by atoms with E-state index in [4.69, 9.17) is 0 Å². The molecule has 0 saturated carbocycles. The number of rotatable bonds is 5. The Labute approximate surface area is 129 Å². The van der Waals surface area contributed by atoms with Crippen molar-refractivity contribution in [3.05, 3.63) is 29.8 Å². The van der Waals surface area contributed by atoms with Gasteiger partial charge < -0.3 is 14.5 Å². The van der Waals surface area contributed by atoms with E-state index in [1.165, 1.54) is 25.0 Å². The number of benzene rings is 1. The van der Waals surface area contributed by atoms with Crippen LogP contribution in [0.15, 0.2) is 24.3 Å². The van der Waals surface area contributed by atoms with Crippen LogP contribution in [0, 0.1) is 0 Å². The number of ether oxygens (including phenoxy) is 1. The van der Waals surface area contributed by atoms with E-state index in [0.717, 1.165) is 13.0 Å². The molecule has 1 amide bonds. The molecule has 6 heteroatoms. The molecule has 122 valence electrons. The predicted octanol–water partition coefficient (Wildman–Crippen LogP) is 2.84. The van der Waals surface area contributed by atoms with Crippen LogP contribution in [-0.4, -0.2) is 55.5 Å². The molecular formula is C16H22F2N2O2. The lowest BCUT2D eigenvalue weighted by atomic mass is 10.0. The number of piperidine rings is 1. The summed E-state index contributed by atoms with van der Waals surface area (Å²) in [6.45, 7) is -1.21. The monoisotopic (exact) mass is 312 g/mol. The number of carbonyl (C=O) groups excluding carboxylic acids is 1. The molecule has 0 aromatic heterocycles. The Balaban J connectivity index is 2.00. The Morgan fingerprint density at radius 2 is 2.23 bits per heavy atom. The molecule has 0 spiro atoms. The third kappa shape index (κ3) is 4.40. The Morgan fingerprint density at radius 3 is 2.91 bits per heavy atom. The molecule has 1 fully saturated rings. The minimum absolute atomic E-state index is 0.00374. The molecule has 1 aromatic rings. The fraction of sp³-hybridized carbons (Fsp3) is 0.562. The van der Waals surface area contributed by atoms with E-state index in [0.29, 0.717) is 18.2 Å². The van der Waals surface area contributed by atoms with Gasteiger partial charge in [-0.25, -0.2) is 0 Å². The molecule has 1 unspecified atom stereocenters. The minimum atomic E-state index is -2.89. The number of alkyl halides is 2. The molecule has 1 atom stereocenters. The first-order chi connectivity index (χ1) is 10.5. The number of hydrogen-bond acceptors (Lipinski definition) is 3. The molecule has 0 aliphatic carbocycles. The summed E-state index contributed by atoms with van der Waals surface area (Å²) in [5.74, 6) is -0.178. The van der Waals surface area contributed by atoms with Gasteiger partial charge >= 0.3 is 6.61 Å². The Bertz CT molecular complexity index is 511. The van der Waals surface area contributed by atoms with Crippen LogP contribution in [-0.2, 0) is 0 Å². The maximum Gasteiger partial charge on any atom is 0.387 e. The molecule has 4 nitrogen and oxygen atoms in total. The maximum absolute atomic E-state index is 12.4. The molecule has 1 saturated heterocycles. The molecule has 2 rings (SSSR count). The first-order valence-corrected chi connectivity index (χ1v) is 7.48. The number of carbonyl (C=O) groups is 1. The summed E-state index contributed by atoms with van der Waals surface area (Å²) >= 11 is 0. The van der Waals surface area contributed by atoms with Crippen molar-refractivity contribution in [3.63, 3.8) is 0 Å². The minimum Gasteiger partial charge on any atom is -0.435 e. The zero-order valence-electron chi connectivity index (χ0n) is 13.0. The van der Waals surface area contributed by atoms with Gasteiger partial charge in [0.05, 0.1) is 0 Å². The van der Waals surface area contributed by atoms with Crippen LogP contribution in [0.3, 0.4) is 0 Å². The van der Waals surface area contributed by atoms with Crippen molar-refractivity contribution in [1.29, 1.82) is 0 Å². The maximum atomic E-state index is 12.4. The fourth-order valence-corrected chi connectivity index (χ4v) is 2.80. The molecule has 1 aromatic carbocycles. The highest BCUT2D eigenvalue weighted by molar-refractivity contribution is 5.94. The first-order valence-electron chi connectivity index (χ1n) is 7.48. The SMILES string of the molecule is CN(CC1CCCCN1C)C(=O)c1cccc(OC(F)F)c1. The lowest BCUT2D eigenvalue weighted by molar-refractivity contribution is -0.0499. The Morgan fingerprint density at radius 1 is 1.45 bits per heavy atom. The summed E-state index contributed by atoms with van der Waals surface area (Å²) in [7, 11) is 3.81. The van der Waals surface area contributed by atoms with Gasteiger partial charge in [0.1, 0.15) is 5.75 Å². The lowest BCUT2D eigenvalue weighted by Crippen LogP contribution is -2.45. The molecule has 0 N–H and O–H groups in total. The van der Waals surface area contributed by atoms with Gasteiger partial charge in [0.2, 0.25) is 0 Å². The highest BCUT2D eigenvalue weighted by Crippen LogP contribution is 2.19. The summed E-state index contributed by atoms with van der Waals surface area (Å²) in [5, 5.41) is 0. The van der Waals surface area contributed by atoms with E-state index in [2.05, 4.69) is 16.7 Å². The van der Waals surface area contributed by atoms with Crippen LogP contribution in [0.5, 0.6) is 5.75 Å². The van der Waals surface area contributed by atoms with Crippen LogP contribution < -0.4 is 4.74 Å².